The number of carbonyl (C=O) groups is 1. The van der Waals surface area contributed by atoms with Gasteiger partial charge in [-0.1, -0.05) is 12.1 Å². The lowest BCUT2D eigenvalue weighted by Crippen LogP contribution is -2.40. The fourth-order valence-electron chi connectivity index (χ4n) is 4.47. The number of fused-ring (bicyclic) bond motifs is 1. The van der Waals surface area contributed by atoms with E-state index < -0.39 is 0 Å². The molecule has 184 valence electrons. The Morgan fingerprint density at radius 1 is 0.917 bits per heavy atom. The number of aromatic nitrogens is 3. The molecule has 36 heavy (non-hydrogen) atoms. The summed E-state index contributed by atoms with van der Waals surface area (Å²) < 4.78 is 12.0. The van der Waals surface area contributed by atoms with Gasteiger partial charge >= 0.3 is 0 Å². The smallest absolute Gasteiger partial charge is 0.254 e. The predicted octanol–water partition coefficient (Wildman–Crippen LogP) is 3.31. The Balaban J connectivity index is 1.41. The van der Waals surface area contributed by atoms with E-state index in [2.05, 4.69) is 16.0 Å². The van der Waals surface area contributed by atoms with Crippen molar-refractivity contribution < 1.29 is 14.3 Å². The highest BCUT2D eigenvalue weighted by atomic mass is 32.1. The second kappa shape index (κ2) is 9.81. The molecule has 10 heteroatoms. The molecule has 0 aliphatic carbocycles. The van der Waals surface area contributed by atoms with Crippen LogP contribution in [0.25, 0.3) is 32.0 Å². The maximum absolute atomic E-state index is 13.1. The molecule has 2 fully saturated rings. The Morgan fingerprint density at radius 3 is 2.44 bits per heavy atom. The molecule has 0 unspecified atom stereocenters. The number of amides is 1. The van der Waals surface area contributed by atoms with E-state index in [9.17, 15) is 4.79 Å². The van der Waals surface area contributed by atoms with Crippen LogP contribution in [0, 0.1) is 0 Å². The number of nitrogen functional groups attached to an aromatic ring is 1. The van der Waals surface area contributed by atoms with E-state index in [-0.39, 0.29) is 5.91 Å². The van der Waals surface area contributed by atoms with E-state index in [0.29, 0.717) is 56.7 Å². The summed E-state index contributed by atoms with van der Waals surface area (Å²) in [5.74, 6) is 2.00. The fraction of sp³-hybridized carbons (Fsp3) is 0.308. The van der Waals surface area contributed by atoms with Gasteiger partial charge in [0.05, 0.1) is 36.6 Å². The van der Waals surface area contributed by atoms with Crippen LogP contribution in [0.4, 0.5) is 11.6 Å². The van der Waals surface area contributed by atoms with Crippen LogP contribution in [-0.4, -0.2) is 78.4 Å². The van der Waals surface area contributed by atoms with Crippen molar-refractivity contribution in [3.63, 3.8) is 0 Å². The highest BCUT2D eigenvalue weighted by molar-refractivity contribution is 7.22. The van der Waals surface area contributed by atoms with Gasteiger partial charge in [0.2, 0.25) is 0 Å². The molecule has 6 rings (SSSR count). The standard InChI is InChI=1S/C26H26N6O3S/c27-22-5-4-19(16-28-22)24-29-20-15-21(36-23(20)25(30-24)31-6-10-34-11-7-31)17-2-1-3-18(14-17)26(33)32-8-12-35-13-9-32/h1-5,14-16H,6-13H2,(H2,27,28). The van der Waals surface area contributed by atoms with E-state index in [1.807, 2.05) is 35.2 Å². The molecule has 1 aromatic carbocycles. The number of carbonyl (C=O) groups excluding carboxylic acids is 1. The van der Waals surface area contributed by atoms with Gasteiger partial charge in [0.25, 0.3) is 5.91 Å². The lowest BCUT2D eigenvalue weighted by molar-refractivity contribution is 0.0303. The van der Waals surface area contributed by atoms with Gasteiger partial charge in [-0.3, -0.25) is 4.79 Å². The molecular weight excluding hydrogens is 476 g/mol. The first-order valence-corrected chi connectivity index (χ1v) is 12.8. The van der Waals surface area contributed by atoms with Gasteiger partial charge in [-0.15, -0.1) is 11.3 Å². The minimum Gasteiger partial charge on any atom is -0.384 e. The minimum absolute atomic E-state index is 0.0354. The van der Waals surface area contributed by atoms with Crippen molar-refractivity contribution in [2.45, 2.75) is 0 Å². The third-order valence-electron chi connectivity index (χ3n) is 6.40. The lowest BCUT2D eigenvalue weighted by Gasteiger charge is -2.28. The molecule has 0 spiro atoms. The topological polar surface area (TPSA) is 107 Å². The molecule has 0 radical (unpaired) electrons. The molecule has 3 aromatic heterocycles. The predicted molar refractivity (Wildman–Crippen MR) is 140 cm³/mol. The summed E-state index contributed by atoms with van der Waals surface area (Å²) in [5.41, 5.74) is 9.13. The van der Waals surface area contributed by atoms with E-state index >= 15 is 0 Å². The van der Waals surface area contributed by atoms with Crippen LogP contribution in [0.1, 0.15) is 10.4 Å². The molecule has 2 aliphatic heterocycles. The van der Waals surface area contributed by atoms with Gasteiger partial charge in [-0.25, -0.2) is 15.0 Å². The van der Waals surface area contributed by atoms with Crippen LogP contribution in [0.3, 0.4) is 0 Å². The zero-order valence-corrected chi connectivity index (χ0v) is 20.5. The van der Waals surface area contributed by atoms with E-state index in [0.717, 1.165) is 45.1 Å². The second-order valence-corrected chi connectivity index (χ2v) is 9.80. The quantitative estimate of drug-likeness (QED) is 0.453. The normalized spacial score (nSPS) is 16.4. The van der Waals surface area contributed by atoms with Crippen LogP contribution < -0.4 is 10.6 Å². The minimum atomic E-state index is 0.0354. The molecule has 2 aliphatic rings. The summed E-state index contributed by atoms with van der Waals surface area (Å²) in [5, 5.41) is 0. The molecule has 1 amide bonds. The SMILES string of the molecule is Nc1ccc(-c2nc(N3CCOCC3)c3sc(-c4cccc(C(=O)N5CCOCC5)c4)cc3n2)cn1. The number of ether oxygens (including phenoxy) is 2. The molecule has 0 atom stereocenters. The van der Waals surface area contributed by atoms with E-state index in [4.69, 9.17) is 25.2 Å². The molecule has 0 saturated carbocycles. The summed E-state index contributed by atoms with van der Waals surface area (Å²) in [6, 6.07) is 13.5. The number of rotatable bonds is 4. The summed E-state index contributed by atoms with van der Waals surface area (Å²) in [4.78, 5) is 32.3. The zero-order chi connectivity index (χ0) is 24.5. The van der Waals surface area contributed by atoms with Crippen molar-refractivity contribution in [3.05, 3.63) is 54.2 Å². The molecule has 9 nitrogen and oxygen atoms in total. The van der Waals surface area contributed by atoms with Crippen molar-refractivity contribution >= 4 is 39.1 Å². The van der Waals surface area contributed by atoms with Crippen LogP contribution in [0.15, 0.2) is 48.7 Å². The van der Waals surface area contributed by atoms with Crippen molar-refractivity contribution in [2.24, 2.45) is 0 Å². The van der Waals surface area contributed by atoms with Crippen molar-refractivity contribution in [3.8, 4) is 21.8 Å². The average molecular weight is 503 g/mol. The third-order valence-corrected chi connectivity index (χ3v) is 7.57. The number of anilines is 2. The highest BCUT2D eigenvalue weighted by Gasteiger charge is 2.22. The maximum atomic E-state index is 13.1. The average Bonchev–Trinajstić information content (AvgIpc) is 3.38. The van der Waals surface area contributed by atoms with Gasteiger partial charge in [-0.2, -0.15) is 0 Å². The van der Waals surface area contributed by atoms with Crippen LogP contribution in [0.5, 0.6) is 0 Å². The first-order chi connectivity index (χ1) is 17.7. The number of benzene rings is 1. The summed E-state index contributed by atoms with van der Waals surface area (Å²) in [7, 11) is 0. The molecule has 2 saturated heterocycles. The molecular formula is C26H26N6O3S. The number of nitrogens with two attached hydrogens (primary N) is 1. The number of thiophene rings is 1. The Labute approximate surface area is 212 Å². The van der Waals surface area contributed by atoms with Crippen molar-refractivity contribution in [2.75, 3.05) is 63.2 Å². The summed E-state index contributed by atoms with van der Waals surface area (Å²) >= 11 is 1.64. The highest BCUT2D eigenvalue weighted by Crippen LogP contribution is 2.39. The van der Waals surface area contributed by atoms with Gasteiger partial charge in [0.1, 0.15) is 5.82 Å². The molecule has 5 heterocycles. The Bertz CT molecular complexity index is 1390. The number of nitrogens with zero attached hydrogens (tertiary/aromatic N) is 5. The Kier molecular flexibility index (Phi) is 6.22. The van der Waals surface area contributed by atoms with Crippen LogP contribution in [-0.2, 0) is 9.47 Å². The van der Waals surface area contributed by atoms with Crippen LogP contribution >= 0.6 is 11.3 Å². The van der Waals surface area contributed by atoms with Gasteiger partial charge in [0, 0.05) is 48.4 Å². The first kappa shape index (κ1) is 22.8. The van der Waals surface area contributed by atoms with E-state index in [1.165, 1.54) is 0 Å². The van der Waals surface area contributed by atoms with Crippen molar-refractivity contribution in [1.29, 1.82) is 0 Å². The number of morpholine rings is 2. The largest absolute Gasteiger partial charge is 0.384 e. The van der Waals surface area contributed by atoms with Crippen LogP contribution in [0.2, 0.25) is 0 Å². The number of hydrogen-bond acceptors (Lipinski definition) is 9. The Morgan fingerprint density at radius 2 is 1.69 bits per heavy atom. The zero-order valence-electron chi connectivity index (χ0n) is 19.7. The molecule has 0 bridgehead atoms. The van der Waals surface area contributed by atoms with E-state index in [1.54, 1.807) is 23.6 Å². The third kappa shape index (κ3) is 4.50. The number of hydrogen-bond donors (Lipinski definition) is 1. The van der Waals surface area contributed by atoms with Crippen molar-refractivity contribution in [1.82, 2.24) is 19.9 Å². The fourth-order valence-corrected chi connectivity index (χ4v) is 5.58. The second-order valence-electron chi connectivity index (χ2n) is 8.75. The Hall–Kier alpha value is -3.60. The summed E-state index contributed by atoms with van der Waals surface area (Å²) in [6.45, 7) is 5.25. The number of pyridine rings is 1. The monoisotopic (exact) mass is 502 g/mol. The molecule has 4 aromatic rings. The lowest BCUT2D eigenvalue weighted by atomic mass is 10.1. The van der Waals surface area contributed by atoms with Gasteiger partial charge in [0.15, 0.2) is 11.6 Å². The first-order valence-electron chi connectivity index (χ1n) is 12.0. The maximum Gasteiger partial charge on any atom is 0.254 e. The van der Waals surface area contributed by atoms with Gasteiger partial charge < -0.3 is 25.0 Å². The van der Waals surface area contributed by atoms with Gasteiger partial charge in [-0.05, 0) is 35.9 Å². The molecule has 2 N–H and O–H groups in total. The summed E-state index contributed by atoms with van der Waals surface area (Å²) in [6.07, 6.45) is 1.70.